The topological polar surface area (TPSA) is 78.4 Å². The average Bonchev–Trinajstić information content (AvgIpc) is 2.37. The van der Waals surface area contributed by atoms with Crippen molar-refractivity contribution in [3.8, 4) is 0 Å². The Morgan fingerprint density at radius 3 is 2.37 bits per heavy atom. The molecule has 0 amide bonds. The van der Waals surface area contributed by atoms with E-state index < -0.39 is 16.3 Å². The highest BCUT2D eigenvalue weighted by Crippen LogP contribution is 2.03. The van der Waals surface area contributed by atoms with Crippen LogP contribution in [-0.2, 0) is 16.6 Å². The molecular formula is C13H22N2O3S. The molecule has 0 aromatic heterocycles. The van der Waals surface area contributed by atoms with Crippen molar-refractivity contribution in [3.63, 3.8) is 0 Å². The fourth-order valence-electron chi connectivity index (χ4n) is 1.58. The van der Waals surface area contributed by atoms with Crippen LogP contribution in [0.25, 0.3) is 0 Å². The first-order valence-corrected chi connectivity index (χ1v) is 7.83. The summed E-state index contributed by atoms with van der Waals surface area (Å²) in [5.41, 5.74) is 0.980. The van der Waals surface area contributed by atoms with Gasteiger partial charge in [-0.25, -0.2) is 4.72 Å². The van der Waals surface area contributed by atoms with E-state index in [4.69, 9.17) is 0 Å². The van der Waals surface area contributed by atoms with Crippen LogP contribution in [0.1, 0.15) is 19.4 Å². The molecule has 3 N–H and O–H groups in total. The fourth-order valence-corrected chi connectivity index (χ4v) is 2.81. The van der Waals surface area contributed by atoms with E-state index in [1.807, 2.05) is 44.2 Å². The van der Waals surface area contributed by atoms with Crippen molar-refractivity contribution in [2.45, 2.75) is 26.3 Å². The van der Waals surface area contributed by atoms with Gasteiger partial charge in [-0.2, -0.15) is 13.1 Å². The van der Waals surface area contributed by atoms with Crippen LogP contribution >= 0.6 is 0 Å². The zero-order valence-electron chi connectivity index (χ0n) is 11.3. The second kappa shape index (κ2) is 7.59. The highest BCUT2D eigenvalue weighted by Gasteiger charge is 2.17. The molecule has 1 aromatic rings. The lowest BCUT2D eigenvalue weighted by Gasteiger charge is -2.17. The Morgan fingerprint density at radius 1 is 1.21 bits per heavy atom. The van der Waals surface area contributed by atoms with Crippen LogP contribution in [0.15, 0.2) is 30.3 Å². The summed E-state index contributed by atoms with van der Waals surface area (Å²) >= 11 is 0. The summed E-state index contributed by atoms with van der Waals surface area (Å²) in [7, 11) is -3.57. The molecule has 0 saturated carbocycles. The van der Waals surface area contributed by atoms with Crippen LogP contribution in [0.5, 0.6) is 0 Å². The highest BCUT2D eigenvalue weighted by molar-refractivity contribution is 7.87. The maximum atomic E-state index is 11.8. The van der Waals surface area contributed by atoms with Crippen molar-refractivity contribution in [1.82, 2.24) is 9.44 Å². The van der Waals surface area contributed by atoms with Gasteiger partial charge >= 0.3 is 0 Å². The largest absolute Gasteiger partial charge is 0.395 e. The van der Waals surface area contributed by atoms with Gasteiger partial charge in [-0.1, -0.05) is 44.2 Å². The van der Waals surface area contributed by atoms with Gasteiger partial charge in [0.1, 0.15) is 0 Å². The summed E-state index contributed by atoms with van der Waals surface area (Å²) in [6.45, 7) is 3.99. The quantitative estimate of drug-likeness (QED) is 0.657. The van der Waals surface area contributed by atoms with Crippen molar-refractivity contribution in [2.24, 2.45) is 5.92 Å². The van der Waals surface area contributed by atoms with Crippen molar-refractivity contribution in [3.05, 3.63) is 35.9 Å². The number of rotatable bonds is 8. The first-order chi connectivity index (χ1) is 8.93. The SMILES string of the molecule is CC(C)CNS(=O)(=O)N[C@@H](CO)Cc1ccccc1. The lowest BCUT2D eigenvalue weighted by Crippen LogP contribution is -2.46. The molecule has 108 valence electrons. The molecule has 0 heterocycles. The molecule has 0 saturated heterocycles. The Balaban J connectivity index is 2.56. The van der Waals surface area contributed by atoms with Gasteiger partial charge in [0.15, 0.2) is 0 Å². The zero-order valence-corrected chi connectivity index (χ0v) is 12.2. The molecule has 0 aliphatic rings. The Hall–Kier alpha value is -0.950. The van der Waals surface area contributed by atoms with Crippen molar-refractivity contribution >= 4 is 10.2 Å². The zero-order chi connectivity index (χ0) is 14.3. The molecule has 19 heavy (non-hydrogen) atoms. The predicted molar refractivity (Wildman–Crippen MR) is 75.9 cm³/mol. The molecule has 1 atom stereocenters. The van der Waals surface area contributed by atoms with E-state index in [0.29, 0.717) is 13.0 Å². The number of benzene rings is 1. The number of nitrogens with one attached hydrogen (secondary N) is 2. The molecule has 0 bridgehead atoms. The van der Waals surface area contributed by atoms with E-state index in [-0.39, 0.29) is 12.5 Å². The summed E-state index contributed by atoms with van der Waals surface area (Å²) in [5, 5.41) is 9.27. The summed E-state index contributed by atoms with van der Waals surface area (Å²) in [5.74, 6) is 0.235. The molecule has 0 aliphatic carbocycles. The number of aliphatic hydroxyl groups is 1. The second-order valence-corrected chi connectivity index (χ2v) is 6.46. The van der Waals surface area contributed by atoms with Gasteiger partial charge < -0.3 is 5.11 Å². The molecule has 0 spiro atoms. The van der Waals surface area contributed by atoms with Gasteiger partial charge in [0.2, 0.25) is 0 Å². The van der Waals surface area contributed by atoms with Crippen molar-refractivity contribution < 1.29 is 13.5 Å². The van der Waals surface area contributed by atoms with Gasteiger partial charge in [0.05, 0.1) is 12.6 Å². The summed E-state index contributed by atoms with van der Waals surface area (Å²) < 4.78 is 28.4. The maximum absolute atomic E-state index is 11.8. The third-order valence-corrected chi connectivity index (χ3v) is 3.74. The molecular weight excluding hydrogens is 264 g/mol. The van der Waals surface area contributed by atoms with Gasteiger partial charge in [0.25, 0.3) is 10.2 Å². The molecule has 5 nitrogen and oxygen atoms in total. The van der Waals surface area contributed by atoms with Crippen LogP contribution in [0, 0.1) is 5.92 Å². The van der Waals surface area contributed by atoms with Crippen LogP contribution < -0.4 is 9.44 Å². The monoisotopic (exact) mass is 286 g/mol. The van der Waals surface area contributed by atoms with E-state index in [1.54, 1.807) is 0 Å². The van der Waals surface area contributed by atoms with Crippen LogP contribution in [0.4, 0.5) is 0 Å². The third kappa shape index (κ3) is 6.68. The lowest BCUT2D eigenvalue weighted by molar-refractivity contribution is 0.255. The van der Waals surface area contributed by atoms with E-state index in [9.17, 15) is 13.5 Å². The van der Waals surface area contributed by atoms with Gasteiger partial charge in [0, 0.05) is 6.54 Å². The van der Waals surface area contributed by atoms with Crippen LogP contribution in [0.2, 0.25) is 0 Å². The number of aliphatic hydroxyl groups excluding tert-OH is 1. The lowest BCUT2D eigenvalue weighted by atomic mass is 10.1. The Bertz CT molecular complexity index is 460. The smallest absolute Gasteiger partial charge is 0.277 e. The number of hydrogen-bond acceptors (Lipinski definition) is 3. The fraction of sp³-hybridized carbons (Fsp3) is 0.538. The molecule has 1 aromatic carbocycles. The van der Waals surface area contributed by atoms with Gasteiger partial charge in [-0.15, -0.1) is 0 Å². The molecule has 0 aliphatic heterocycles. The normalized spacial score (nSPS) is 13.7. The maximum Gasteiger partial charge on any atom is 0.277 e. The van der Waals surface area contributed by atoms with Crippen LogP contribution in [-0.4, -0.2) is 32.7 Å². The van der Waals surface area contributed by atoms with Crippen molar-refractivity contribution in [1.29, 1.82) is 0 Å². The minimum Gasteiger partial charge on any atom is -0.395 e. The van der Waals surface area contributed by atoms with Crippen LogP contribution in [0.3, 0.4) is 0 Å². The minimum atomic E-state index is -3.57. The van der Waals surface area contributed by atoms with E-state index in [0.717, 1.165) is 5.56 Å². The van der Waals surface area contributed by atoms with E-state index >= 15 is 0 Å². The Labute approximate surface area is 115 Å². The first-order valence-electron chi connectivity index (χ1n) is 6.34. The average molecular weight is 286 g/mol. The summed E-state index contributed by atoms with van der Waals surface area (Å²) in [6, 6.07) is 8.94. The standard InChI is InChI=1S/C13H22N2O3S/c1-11(2)9-14-19(17,18)15-13(10-16)8-12-6-4-3-5-7-12/h3-7,11,13-16H,8-10H2,1-2H3/t13-/m1/s1. The molecule has 6 heteroatoms. The molecule has 1 rings (SSSR count). The Kier molecular flexibility index (Phi) is 6.44. The predicted octanol–water partition coefficient (Wildman–Crippen LogP) is 0.670. The molecule has 0 radical (unpaired) electrons. The van der Waals surface area contributed by atoms with Crippen molar-refractivity contribution in [2.75, 3.05) is 13.2 Å². The molecule has 0 fully saturated rings. The summed E-state index contributed by atoms with van der Waals surface area (Å²) in [6.07, 6.45) is 0.458. The third-order valence-electron chi connectivity index (χ3n) is 2.55. The van der Waals surface area contributed by atoms with Gasteiger partial charge in [-0.3, -0.25) is 0 Å². The first kappa shape index (κ1) is 16.1. The second-order valence-electron chi connectivity index (χ2n) is 4.93. The molecule has 0 unspecified atom stereocenters. The summed E-state index contributed by atoms with van der Waals surface area (Å²) in [4.78, 5) is 0. The minimum absolute atomic E-state index is 0.235. The highest BCUT2D eigenvalue weighted by atomic mass is 32.2. The van der Waals surface area contributed by atoms with E-state index in [2.05, 4.69) is 9.44 Å². The Morgan fingerprint density at radius 2 is 1.84 bits per heavy atom. The van der Waals surface area contributed by atoms with Gasteiger partial charge in [-0.05, 0) is 17.9 Å². The van der Waals surface area contributed by atoms with E-state index in [1.165, 1.54) is 0 Å². The number of hydrogen-bond donors (Lipinski definition) is 3.